The number of hydrogen-bond donors (Lipinski definition) is 1. The molecule has 1 heterocycles. The Balaban J connectivity index is 2.18. The van der Waals surface area contributed by atoms with E-state index in [-0.39, 0.29) is 10.3 Å². The highest BCUT2D eigenvalue weighted by molar-refractivity contribution is 9.11. The fourth-order valence-electron chi connectivity index (χ4n) is 1.60. The van der Waals surface area contributed by atoms with Crippen LogP contribution in [0.2, 0.25) is 0 Å². The Morgan fingerprint density at radius 2 is 2.10 bits per heavy atom. The lowest BCUT2D eigenvalue weighted by molar-refractivity contribution is 0.217. The van der Waals surface area contributed by atoms with Gasteiger partial charge in [-0.2, -0.15) is 0 Å². The maximum Gasteiger partial charge on any atom is 0.271 e. The lowest BCUT2D eigenvalue weighted by Crippen LogP contribution is -2.12. The summed E-state index contributed by atoms with van der Waals surface area (Å²) < 4.78 is 33.8. The molecule has 0 spiro atoms. The first-order valence-electron chi connectivity index (χ1n) is 6.45. The largest absolute Gasteiger partial charge is 0.491 e. The lowest BCUT2D eigenvalue weighted by atomic mass is 10.3. The van der Waals surface area contributed by atoms with E-state index in [4.69, 9.17) is 4.74 Å². The molecule has 0 bridgehead atoms. The number of rotatable bonds is 6. The van der Waals surface area contributed by atoms with Crippen molar-refractivity contribution in [3.05, 3.63) is 40.2 Å². The van der Waals surface area contributed by atoms with Crippen molar-refractivity contribution in [3.63, 3.8) is 0 Å². The molecule has 0 amide bonds. The van der Waals surface area contributed by atoms with E-state index in [0.717, 1.165) is 10.2 Å². The quantitative estimate of drug-likeness (QED) is 0.791. The van der Waals surface area contributed by atoms with E-state index >= 15 is 0 Å². The zero-order valence-electron chi connectivity index (χ0n) is 11.7. The Hall–Kier alpha value is -1.05. The summed E-state index contributed by atoms with van der Waals surface area (Å²) in [5.74, 6) is 0.650. The van der Waals surface area contributed by atoms with Gasteiger partial charge in [-0.05, 0) is 53.5 Å². The average molecular weight is 390 g/mol. The van der Waals surface area contributed by atoms with Gasteiger partial charge in [-0.15, -0.1) is 11.3 Å². The number of hydrogen-bond acceptors (Lipinski definition) is 4. The third-order valence-electron chi connectivity index (χ3n) is 2.81. The van der Waals surface area contributed by atoms with Crippen LogP contribution in [0.1, 0.15) is 20.3 Å². The van der Waals surface area contributed by atoms with Crippen LogP contribution in [0.25, 0.3) is 0 Å². The van der Waals surface area contributed by atoms with Crippen molar-refractivity contribution in [1.82, 2.24) is 0 Å². The van der Waals surface area contributed by atoms with E-state index in [1.54, 1.807) is 30.3 Å². The van der Waals surface area contributed by atoms with E-state index in [9.17, 15) is 8.42 Å². The number of ether oxygens (including phenoxy) is 1. The Labute approximate surface area is 137 Å². The van der Waals surface area contributed by atoms with Crippen molar-refractivity contribution < 1.29 is 13.2 Å². The third-order valence-corrected chi connectivity index (χ3v) is 6.31. The third kappa shape index (κ3) is 4.46. The first-order chi connectivity index (χ1) is 9.90. The highest BCUT2D eigenvalue weighted by Gasteiger charge is 2.16. The Morgan fingerprint density at radius 3 is 2.71 bits per heavy atom. The molecule has 4 nitrogen and oxygen atoms in total. The van der Waals surface area contributed by atoms with Gasteiger partial charge in [-0.25, -0.2) is 8.42 Å². The molecular formula is C14H16BrNO3S2. The van der Waals surface area contributed by atoms with Crippen LogP contribution < -0.4 is 9.46 Å². The van der Waals surface area contributed by atoms with Crippen molar-refractivity contribution >= 4 is 43.0 Å². The van der Waals surface area contributed by atoms with E-state index in [1.165, 1.54) is 11.3 Å². The molecule has 0 saturated carbocycles. The summed E-state index contributed by atoms with van der Waals surface area (Å²) in [6.07, 6.45) is 0.976. The molecule has 1 aromatic heterocycles. The summed E-state index contributed by atoms with van der Waals surface area (Å²) >= 11 is 4.43. The fraction of sp³-hybridized carbons (Fsp3) is 0.286. The number of nitrogens with one attached hydrogen (secondary N) is 1. The first kappa shape index (κ1) is 16.3. The van der Waals surface area contributed by atoms with E-state index < -0.39 is 10.0 Å². The minimum Gasteiger partial charge on any atom is -0.491 e. The zero-order valence-corrected chi connectivity index (χ0v) is 14.9. The summed E-state index contributed by atoms with van der Waals surface area (Å²) in [5, 5.41) is 0. The normalized spacial score (nSPS) is 12.9. The van der Waals surface area contributed by atoms with E-state index in [1.807, 2.05) is 19.9 Å². The summed E-state index contributed by atoms with van der Waals surface area (Å²) in [7, 11) is -3.56. The number of halogens is 1. The standard InChI is InChI=1S/C14H16BrNO3S2/c1-3-10(2)19-12-6-4-5-11(9-12)16-21(17,18)14-8-7-13(15)20-14/h4-10,16H,3H2,1-2H3. The average Bonchev–Trinajstić information content (AvgIpc) is 2.86. The predicted molar refractivity (Wildman–Crippen MR) is 89.7 cm³/mol. The van der Waals surface area contributed by atoms with Gasteiger partial charge >= 0.3 is 0 Å². The molecule has 114 valence electrons. The van der Waals surface area contributed by atoms with Gasteiger partial charge in [0, 0.05) is 6.07 Å². The van der Waals surface area contributed by atoms with Gasteiger partial charge < -0.3 is 4.74 Å². The van der Waals surface area contributed by atoms with Crippen molar-refractivity contribution in [2.45, 2.75) is 30.6 Å². The van der Waals surface area contributed by atoms with Crippen LogP contribution in [0, 0.1) is 0 Å². The van der Waals surface area contributed by atoms with Crippen LogP contribution in [0.5, 0.6) is 5.75 Å². The highest BCUT2D eigenvalue weighted by Crippen LogP contribution is 2.28. The Kier molecular flexibility index (Phi) is 5.29. The zero-order chi connectivity index (χ0) is 15.5. The number of benzene rings is 1. The second-order valence-corrected chi connectivity index (χ2v) is 8.90. The molecule has 1 N–H and O–H groups in total. The van der Waals surface area contributed by atoms with Crippen LogP contribution in [0.4, 0.5) is 5.69 Å². The maximum absolute atomic E-state index is 12.2. The summed E-state index contributed by atoms with van der Waals surface area (Å²) in [6.45, 7) is 4.01. The predicted octanol–water partition coefficient (Wildman–Crippen LogP) is 4.49. The minimum absolute atomic E-state index is 0.0881. The Morgan fingerprint density at radius 1 is 1.33 bits per heavy atom. The van der Waals surface area contributed by atoms with Crippen molar-refractivity contribution in [3.8, 4) is 5.75 Å². The highest BCUT2D eigenvalue weighted by atomic mass is 79.9. The van der Waals surface area contributed by atoms with Gasteiger partial charge in [0.15, 0.2) is 0 Å². The molecule has 0 radical (unpaired) electrons. The molecule has 1 aromatic carbocycles. The summed E-state index contributed by atoms with van der Waals surface area (Å²) in [4.78, 5) is 0. The molecule has 0 aliphatic carbocycles. The topological polar surface area (TPSA) is 55.4 Å². The van der Waals surface area contributed by atoms with Crippen LogP contribution >= 0.6 is 27.3 Å². The van der Waals surface area contributed by atoms with Crippen LogP contribution in [-0.4, -0.2) is 14.5 Å². The molecule has 0 saturated heterocycles. The maximum atomic E-state index is 12.2. The SMILES string of the molecule is CCC(C)Oc1cccc(NS(=O)(=O)c2ccc(Br)s2)c1. The number of sulfonamides is 1. The smallest absolute Gasteiger partial charge is 0.271 e. The van der Waals surface area contributed by atoms with E-state index in [0.29, 0.717) is 11.4 Å². The monoisotopic (exact) mass is 389 g/mol. The van der Waals surface area contributed by atoms with Gasteiger partial charge in [-0.1, -0.05) is 13.0 Å². The lowest BCUT2D eigenvalue weighted by Gasteiger charge is -2.13. The summed E-state index contributed by atoms with van der Waals surface area (Å²) in [5.41, 5.74) is 0.486. The molecule has 2 aromatic rings. The molecule has 1 atom stereocenters. The number of thiophene rings is 1. The van der Waals surface area contributed by atoms with Crippen molar-refractivity contribution in [1.29, 1.82) is 0 Å². The Bertz CT molecular complexity index is 713. The van der Waals surface area contributed by atoms with Gasteiger partial charge in [0.25, 0.3) is 10.0 Å². The van der Waals surface area contributed by atoms with Gasteiger partial charge in [0.2, 0.25) is 0 Å². The van der Waals surface area contributed by atoms with Crippen LogP contribution in [0.3, 0.4) is 0 Å². The second-order valence-electron chi connectivity index (χ2n) is 4.53. The summed E-state index contributed by atoms with van der Waals surface area (Å²) in [6, 6.07) is 10.2. The molecule has 0 aliphatic rings. The fourth-order valence-corrected chi connectivity index (χ4v) is 4.66. The van der Waals surface area contributed by atoms with Crippen LogP contribution in [-0.2, 0) is 10.0 Å². The molecule has 21 heavy (non-hydrogen) atoms. The van der Waals surface area contributed by atoms with Gasteiger partial charge in [-0.3, -0.25) is 4.72 Å². The molecule has 0 fully saturated rings. The second kappa shape index (κ2) is 6.81. The van der Waals surface area contributed by atoms with Crippen LogP contribution in [0.15, 0.2) is 44.4 Å². The molecule has 7 heteroatoms. The first-order valence-corrected chi connectivity index (χ1v) is 9.55. The van der Waals surface area contributed by atoms with Gasteiger partial charge in [0.05, 0.1) is 15.6 Å². The molecular weight excluding hydrogens is 374 g/mol. The minimum atomic E-state index is -3.56. The molecule has 1 unspecified atom stereocenters. The molecule has 2 rings (SSSR count). The molecule has 0 aliphatic heterocycles. The van der Waals surface area contributed by atoms with Crippen molar-refractivity contribution in [2.75, 3.05) is 4.72 Å². The number of anilines is 1. The van der Waals surface area contributed by atoms with Crippen molar-refractivity contribution in [2.24, 2.45) is 0 Å². The van der Waals surface area contributed by atoms with Gasteiger partial charge in [0.1, 0.15) is 9.96 Å². The van der Waals surface area contributed by atoms with E-state index in [2.05, 4.69) is 20.7 Å².